The monoisotopic (exact) mass is 348 g/mol. The summed E-state index contributed by atoms with van der Waals surface area (Å²) in [6, 6.07) is 6.89. The number of benzene rings is 1. The molecule has 0 bridgehead atoms. The van der Waals surface area contributed by atoms with Gasteiger partial charge >= 0.3 is 5.69 Å². The van der Waals surface area contributed by atoms with E-state index in [0.29, 0.717) is 21.3 Å². The minimum atomic E-state index is -0.215. The Labute approximate surface area is 128 Å². The molecule has 0 saturated heterocycles. The maximum absolute atomic E-state index is 12.5. The van der Waals surface area contributed by atoms with Crippen LogP contribution in [0.4, 0.5) is 0 Å². The van der Waals surface area contributed by atoms with Crippen molar-refractivity contribution in [1.29, 1.82) is 0 Å². The quantitative estimate of drug-likeness (QED) is 0.669. The van der Waals surface area contributed by atoms with Gasteiger partial charge in [0, 0.05) is 24.1 Å². The first-order valence-electron chi connectivity index (χ1n) is 6.36. The van der Waals surface area contributed by atoms with Gasteiger partial charge in [0.1, 0.15) is 5.76 Å². The summed E-state index contributed by atoms with van der Waals surface area (Å²) in [5.41, 5.74) is 1.81. The topological polar surface area (TPSA) is 57.1 Å². The third-order valence-electron chi connectivity index (χ3n) is 3.57. The van der Waals surface area contributed by atoms with Crippen LogP contribution in [0.2, 0.25) is 0 Å². The van der Waals surface area contributed by atoms with E-state index in [4.69, 9.17) is 4.42 Å². The van der Waals surface area contributed by atoms with Gasteiger partial charge in [0.25, 0.3) is 0 Å². The lowest BCUT2D eigenvalue weighted by Crippen LogP contribution is -2.19. The van der Waals surface area contributed by atoms with Gasteiger partial charge in [-0.2, -0.15) is 0 Å². The number of rotatable bonds is 2. The first kappa shape index (κ1) is 13.9. The maximum atomic E-state index is 12.5. The number of ketones is 1. The molecule has 108 valence electrons. The second-order valence-corrected chi connectivity index (χ2v) is 5.82. The van der Waals surface area contributed by atoms with Crippen molar-refractivity contribution in [3.05, 3.63) is 56.3 Å². The zero-order chi connectivity index (χ0) is 15.3. The highest BCUT2D eigenvalue weighted by atomic mass is 79.9. The van der Waals surface area contributed by atoms with E-state index in [9.17, 15) is 9.59 Å². The largest absolute Gasteiger partial charge is 0.458 e. The van der Waals surface area contributed by atoms with Gasteiger partial charge in [-0.3, -0.25) is 13.9 Å². The minimum absolute atomic E-state index is 0.129. The SMILES string of the molecule is Cc1ccc(C(=O)c2cc3c(cc2Br)n(C)c(=O)n3C)o1. The summed E-state index contributed by atoms with van der Waals surface area (Å²) in [7, 11) is 3.39. The van der Waals surface area contributed by atoms with Gasteiger partial charge in [-0.25, -0.2) is 4.79 Å². The Balaban J connectivity index is 2.24. The van der Waals surface area contributed by atoms with Crippen LogP contribution < -0.4 is 5.69 Å². The van der Waals surface area contributed by atoms with Crippen molar-refractivity contribution in [2.45, 2.75) is 6.92 Å². The molecule has 3 aromatic rings. The average molecular weight is 349 g/mol. The molecule has 0 atom stereocenters. The van der Waals surface area contributed by atoms with Gasteiger partial charge in [-0.05, 0) is 47.1 Å². The highest BCUT2D eigenvalue weighted by molar-refractivity contribution is 9.10. The lowest BCUT2D eigenvalue weighted by atomic mass is 10.1. The Morgan fingerprint density at radius 1 is 1.14 bits per heavy atom. The zero-order valence-corrected chi connectivity index (χ0v) is 13.4. The van der Waals surface area contributed by atoms with Crippen molar-refractivity contribution in [2.75, 3.05) is 0 Å². The van der Waals surface area contributed by atoms with E-state index in [1.54, 1.807) is 49.9 Å². The van der Waals surface area contributed by atoms with Crippen LogP contribution in [0.5, 0.6) is 0 Å². The third-order valence-corrected chi connectivity index (χ3v) is 4.23. The van der Waals surface area contributed by atoms with E-state index >= 15 is 0 Å². The molecular weight excluding hydrogens is 336 g/mol. The predicted molar refractivity (Wildman–Crippen MR) is 82.7 cm³/mol. The molecule has 0 fully saturated rings. The van der Waals surface area contributed by atoms with Crippen LogP contribution in [0.15, 0.2) is 37.9 Å². The van der Waals surface area contributed by atoms with E-state index < -0.39 is 0 Å². The standard InChI is InChI=1S/C15H13BrN2O3/c1-8-4-5-13(21-8)14(19)9-6-11-12(7-10(9)16)18(3)15(20)17(11)2/h4-7H,1-3H3. The number of carbonyl (C=O) groups is 1. The predicted octanol–water partition coefficient (Wildman–Crippen LogP) is 2.77. The molecule has 0 unspecified atom stereocenters. The summed E-state index contributed by atoms with van der Waals surface area (Å²) in [4.78, 5) is 24.5. The summed E-state index contributed by atoms with van der Waals surface area (Å²) < 4.78 is 9.08. The number of imidazole rings is 1. The van der Waals surface area contributed by atoms with Crippen molar-refractivity contribution in [1.82, 2.24) is 9.13 Å². The fraction of sp³-hybridized carbons (Fsp3) is 0.200. The number of aryl methyl sites for hydroxylation is 3. The molecule has 0 N–H and O–H groups in total. The summed E-state index contributed by atoms with van der Waals surface area (Å²) in [5, 5.41) is 0. The lowest BCUT2D eigenvalue weighted by Gasteiger charge is -2.04. The van der Waals surface area contributed by atoms with E-state index in [2.05, 4.69) is 15.9 Å². The Bertz CT molecular complexity index is 930. The highest BCUT2D eigenvalue weighted by Crippen LogP contribution is 2.26. The molecule has 2 heterocycles. The summed E-state index contributed by atoms with van der Waals surface area (Å²) in [5.74, 6) is 0.754. The summed E-state index contributed by atoms with van der Waals surface area (Å²) in [6.45, 7) is 1.79. The van der Waals surface area contributed by atoms with Gasteiger partial charge < -0.3 is 4.42 Å². The first-order valence-corrected chi connectivity index (χ1v) is 7.15. The van der Waals surface area contributed by atoms with Crippen molar-refractivity contribution < 1.29 is 9.21 Å². The van der Waals surface area contributed by atoms with Crippen LogP contribution in [0.1, 0.15) is 21.9 Å². The molecule has 0 saturated carbocycles. The third kappa shape index (κ3) is 2.06. The van der Waals surface area contributed by atoms with Crippen molar-refractivity contribution >= 4 is 32.7 Å². The van der Waals surface area contributed by atoms with Crippen LogP contribution in [-0.4, -0.2) is 14.9 Å². The molecular formula is C15H13BrN2O3. The van der Waals surface area contributed by atoms with Gasteiger partial charge in [0.2, 0.25) is 5.78 Å². The smallest absolute Gasteiger partial charge is 0.328 e. The second-order valence-electron chi connectivity index (χ2n) is 4.96. The molecule has 0 aliphatic carbocycles. The minimum Gasteiger partial charge on any atom is -0.458 e. The Hall–Kier alpha value is -2.08. The molecule has 5 nitrogen and oxygen atoms in total. The molecule has 0 amide bonds. The Morgan fingerprint density at radius 3 is 2.33 bits per heavy atom. The van der Waals surface area contributed by atoms with E-state index in [1.165, 1.54) is 4.57 Å². The fourth-order valence-corrected chi connectivity index (χ4v) is 2.89. The van der Waals surface area contributed by atoms with Crippen molar-refractivity contribution in [3.63, 3.8) is 0 Å². The van der Waals surface area contributed by atoms with Gasteiger partial charge in [0.15, 0.2) is 5.76 Å². The molecule has 0 aliphatic heterocycles. The number of hydrogen-bond acceptors (Lipinski definition) is 3. The normalized spacial score (nSPS) is 11.2. The molecule has 2 aromatic heterocycles. The summed E-state index contributed by atoms with van der Waals surface area (Å²) in [6.07, 6.45) is 0. The molecule has 1 aromatic carbocycles. The molecule has 3 rings (SSSR count). The maximum Gasteiger partial charge on any atom is 0.328 e. The van der Waals surface area contributed by atoms with Gasteiger partial charge in [0.05, 0.1) is 11.0 Å². The van der Waals surface area contributed by atoms with Gasteiger partial charge in [-0.1, -0.05) is 0 Å². The van der Waals surface area contributed by atoms with Crippen LogP contribution in [0.3, 0.4) is 0 Å². The average Bonchev–Trinajstić information content (AvgIpc) is 2.97. The van der Waals surface area contributed by atoms with Crippen molar-refractivity contribution in [3.8, 4) is 0 Å². The summed E-state index contributed by atoms with van der Waals surface area (Å²) >= 11 is 3.40. The number of fused-ring (bicyclic) bond motifs is 1. The van der Waals surface area contributed by atoms with Crippen LogP contribution in [0.25, 0.3) is 11.0 Å². The molecule has 0 spiro atoms. The number of furan rings is 1. The molecule has 21 heavy (non-hydrogen) atoms. The first-order chi connectivity index (χ1) is 9.90. The highest BCUT2D eigenvalue weighted by Gasteiger charge is 2.19. The van der Waals surface area contributed by atoms with Crippen LogP contribution in [0, 0.1) is 6.92 Å². The number of halogens is 1. The fourth-order valence-electron chi connectivity index (χ4n) is 2.38. The zero-order valence-electron chi connectivity index (χ0n) is 11.8. The van der Waals surface area contributed by atoms with E-state index in [0.717, 1.165) is 5.52 Å². The lowest BCUT2D eigenvalue weighted by molar-refractivity contribution is 0.101. The molecule has 0 radical (unpaired) electrons. The number of hydrogen-bond donors (Lipinski definition) is 0. The van der Waals surface area contributed by atoms with Gasteiger partial charge in [-0.15, -0.1) is 0 Å². The Kier molecular flexibility index (Phi) is 3.13. The van der Waals surface area contributed by atoms with E-state index in [-0.39, 0.29) is 17.2 Å². The molecule has 6 heteroatoms. The second kappa shape index (κ2) is 4.73. The van der Waals surface area contributed by atoms with Crippen molar-refractivity contribution in [2.24, 2.45) is 14.1 Å². The number of carbonyl (C=O) groups excluding carboxylic acids is 1. The van der Waals surface area contributed by atoms with Crippen LogP contribution >= 0.6 is 15.9 Å². The number of nitrogens with zero attached hydrogens (tertiary/aromatic N) is 2. The Morgan fingerprint density at radius 2 is 1.76 bits per heavy atom. The van der Waals surface area contributed by atoms with E-state index in [1.807, 2.05) is 0 Å². The van der Waals surface area contributed by atoms with Crippen LogP contribution in [-0.2, 0) is 14.1 Å². The molecule has 0 aliphatic rings. The number of aromatic nitrogens is 2.